The number of carbonyl (C=O) groups is 1. The van der Waals surface area contributed by atoms with Crippen LogP contribution in [0.5, 0.6) is 11.5 Å². The minimum absolute atomic E-state index is 0.189. The molecule has 0 spiro atoms. The minimum atomic E-state index is -0.189. The summed E-state index contributed by atoms with van der Waals surface area (Å²) >= 11 is 4.79. The number of nitrogens with zero attached hydrogens (tertiary/aromatic N) is 1. The number of halogens is 1. The Kier molecular flexibility index (Phi) is 6.74. The number of thioether (sulfide) groups is 1. The largest absolute Gasteiger partial charge is 0.497 e. The van der Waals surface area contributed by atoms with Gasteiger partial charge >= 0.3 is 0 Å². The minimum Gasteiger partial charge on any atom is -0.497 e. The van der Waals surface area contributed by atoms with Crippen LogP contribution in [0.15, 0.2) is 87.2 Å². The molecule has 5 nitrogen and oxygen atoms in total. The van der Waals surface area contributed by atoms with Crippen LogP contribution in [0.1, 0.15) is 11.1 Å². The van der Waals surface area contributed by atoms with E-state index >= 15 is 0 Å². The summed E-state index contributed by atoms with van der Waals surface area (Å²) in [4.78, 5) is 17.6. The highest BCUT2D eigenvalue weighted by atomic mass is 79.9. The molecule has 4 rings (SSSR count). The van der Waals surface area contributed by atoms with Gasteiger partial charge in [0.2, 0.25) is 0 Å². The zero-order chi connectivity index (χ0) is 21.6. The van der Waals surface area contributed by atoms with Crippen molar-refractivity contribution in [3.63, 3.8) is 0 Å². The second-order valence-electron chi connectivity index (χ2n) is 6.64. The Balaban J connectivity index is 1.54. The van der Waals surface area contributed by atoms with Gasteiger partial charge < -0.3 is 14.8 Å². The molecule has 31 heavy (non-hydrogen) atoms. The van der Waals surface area contributed by atoms with Gasteiger partial charge in [0.25, 0.3) is 5.91 Å². The summed E-state index contributed by atoms with van der Waals surface area (Å²) in [6.45, 7) is 0.447. The Morgan fingerprint density at radius 1 is 1.06 bits per heavy atom. The maximum absolute atomic E-state index is 12.5. The Labute approximate surface area is 193 Å². The van der Waals surface area contributed by atoms with Crippen LogP contribution >= 0.6 is 27.7 Å². The summed E-state index contributed by atoms with van der Waals surface area (Å²) in [5.41, 5.74) is 2.62. The molecule has 1 saturated heterocycles. The van der Waals surface area contributed by atoms with Crippen LogP contribution in [0.2, 0.25) is 0 Å². The number of carbonyl (C=O) groups excluding carboxylic acids is 1. The van der Waals surface area contributed by atoms with Crippen LogP contribution in [0.25, 0.3) is 6.08 Å². The smallest absolute Gasteiger partial charge is 0.264 e. The lowest BCUT2D eigenvalue weighted by atomic mass is 10.2. The van der Waals surface area contributed by atoms with E-state index in [1.54, 1.807) is 7.11 Å². The lowest BCUT2D eigenvalue weighted by Gasteiger charge is -2.10. The fourth-order valence-electron chi connectivity index (χ4n) is 2.89. The van der Waals surface area contributed by atoms with E-state index < -0.39 is 0 Å². The molecule has 1 amide bonds. The number of hydrogen-bond donors (Lipinski definition) is 1. The highest BCUT2D eigenvalue weighted by molar-refractivity contribution is 9.10. The molecule has 7 heteroatoms. The molecule has 1 N–H and O–H groups in total. The van der Waals surface area contributed by atoms with Crippen molar-refractivity contribution in [1.82, 2.24) is 5.32 Å². The summed E-state index contributed by atoms with van der Waals surface area (Å²) < 4.78 is 12.1. The monoisotopic (exact) mass is 494 g/mol. The summed E-state index contributed by atoms with van der Waals surface area (Å²) in [5.74, 6) is 1.27. The third-order valence-electron chi connectivity index (χ3n) is 4.45. The first-order valence-corrected chi connectivity index (χ1v) is 11.1. The van der Waals surface area contributed by atoms with Crippen LogP contribution in [-0.4, -0.2) is 18.2 Å². The molecule has 0 atom stereocenters. The predicted octanol–water partition coefficient (Wildman–Crippen LogP) is 5.93. The van der Waals surface area contributed by atoms with Gasteiger partial charge in [0, 0.05) is 10.0 Å². The van der Waals surface area contributed by atoms with Crippen molar-refractivity contribution in [1.29, 1.82) is 0 Å². The summed E-state index contributed by atoms with van der Waals surface area (Å²) in [6.07, 6.45) is 1.82. The molecular formula is C24H19BrN2O3S. The van der Waals surface area contributed by atoms with Gasteiger partial charge in [-0.05, 0) is 65.9 Å². The summed E-state index contributed by atoms with van der Waals surface area (Å²) in [7, 11) is 1.62. The van der Waals surface area contributed by atoms with Gasteiger partial charge in [-0.25, -0.2) is 4.99 Å². The fourth-order valence-corrected chi connectivity index (χ4v) is 4.11. The third-order valence-corrected chi connectivity index (χ3v) is 5.85. The molecule has 3 aromatic rings. The van der Waals surface area contributed by atoms with Crippen LogP contribution < -0.4 is 14.8 Å². The number of nitrogens with one attached hydrogen (secondary N) is 1. The average Bonchev–Trinajstić information content (AvgIpc) is 3.13. The summed E-state index contributed by atoms with van der Waals surface area (Å²) in [5, 5.41) is 3.35. The van der Waals surface area contributed by atoms with Crippen LogP contribution in [0.4, 0.5) is 5.69 Å². The van der Waals surface area contributed by atoms with Crippen molar-refractivity contribution in [2.75, 3.05) is 7.11 Å². The molecule has 0 radical (unpaired) electrons. The van der Waals surface area contributed by atoms with Crippen molar-refractivity contribution < 1.29 is 14.3 Å². The molecule has 156 valence electrons. The van der Waals surface area contributed by atoms with Crippen molar-refractivity contribution in [3.8, 4) is 11.5 Å². The van der Waals surface area contributed by atoms with E-state index in [9.17, 15) is 4.79 Å². The Morgan fingerprint density at radius 2 is 1.84 bits per heavy atom. The van der Waals surface area contributed by atoms with E-state index in [1.807, 2.05) is 78.9 Å². The van der Waals surface area contributed by atoms with E-state index in [0.717, 1.165) is 27.0 Å². The molecule has 0 aliphatic carbocycles. The number of rotatable bonds is 6. The predicted molar refractivity (Wildman–Crippen MR) is 129 cm³/mol. The number of hydrogen-bond acceptors (Lipinski definition) is 5. The Bertz CT molecular complexity index is 1150. The maximum atomic E-state index is 12.5. The molecule has 1 fully saturated rings. The van der Waals surface area contributed by atoms with E-state index in [0.29, 0.717) is 22.4 Å². The van der Waals surface area contributed by atoms with E-state index in [2.05, 4.69) is 26.2 Å². The molecule has 0 saturated carbocycles. The Morgan fingerprint density at radius 3 is 2.58 bits per heavy atom. The van der Waals surface area contributed by atoms with Crippen LogP contribution in [0, 0.1) is 0 Å². The summed E-state index contributed by atoms with van der Waals surface area (Å²) in [6, 6.07) is 23.0. The van der Waals surface area contributed by atoms with Gasteiger partial charge in [-0.1, -0.05) is 46.3 Å². The van der Waals surface area contributed by atoms with Gasteiger partial charge in [0.15, 0.2) is 5.17 Å². The zero-order valence-electron chi connectivity index (χ0n) is 16.7. The van der Waals surface area contributed by atoms with E-state index in [4.69, 9.17) is 9.47 Å². The second-order valence-corrected chi connectivity index (χ2v) is 8.58. The first-order chi connectivity index (χ1) is 15.1. The second kappa shape index (κ2) is 9.85. The standard InChI is InChI=1S/C24H19BrN2O3S/c1-29-20-10-8-19(9-11-20)26-24-27-23(28)22(31-24)14-17-13-18(25)7-12-21(17)30-15-16-5-3-2-4-6-16/h2-14H,15H2,1H3,(H,26,27,28)/b22-14-. The van der Waals surface area contributed by atoms with E-state index in [1.165, 1.54) is 11.8 Å². The lowest BCUT2D eigenvalue weighted by molar-refractivity contribution is -0.115. The van der Waals surface area contributed by atoms with Crippen molar-refractivity contribution >= 4 is 50.5 Å². The average molecular weight is 495 g/mol. The van der Waals surface area contributed by atoms with E-state index in [-0.39, 0.29) is 5.91 Å². The number of benzene rings is 3. The fraction of sp³-hybridized carbons (Fsp3) is 0.0833. The topological polar surface area (TPSA) is 59.9 Å². The van der Waals surface area contributed by atoms with Crippen LogP contribution in [-0.2, 0) is 11.4 Å². The zero-order valence-corrected chi connectivity index (χ0v) is 19.1. The molecule has 1 aliphatic rings. The van der Waals surface area contributed by atoms with Gasteiger partial charge in [-0.15, -0.1) is 0 Å². The molecule has 0 bridgehead atoms. The number of ether oxygens (including phenoxy) is 2. The number of amides is 1. The highest BCUT2D eigenvalue weighted by Crippen LogP contribution is 2.32. The molecule has 1 heterocycles. The SMILES string of the molecule is COc1ccc(N=C2NC(=O)/C(=C/c3cc(Br)ccc3OCc3ccccc3)S2)cc1. The quantitative estimate of drug-likeness (QED) is 0.431. The first-order valence-electron chi connectivity index (χ1n) is 9.50. The molecule has 3 aromatic carbocycles. The number of aliphatic imine (C=N–C) groups is 1. The van der Waals surface area contributed by atoms with Crippen molar-refractivity contribution in [2.24, 2.45) is 4.99 Å². The maximum Gasteiger partial charge on any atom is 0.264 e. The lowest BCUT2D eigenvalue weighted by Crippen LogP contribution is -2.19. The van der Waals surface area contributed by atoms with Crippen molar-refractivity contribution in [3.05, 3.63) is 93.3 Å². The molecule has 0 aromatic heterocycles. The van der Waals surface area contributed by atoms with Gasteiger partial charge in [-0.3, -0.25) is 4.79 Å². The number of amidine groups is 1. The van der Waals surface area contributed by atoms with Gasteiger partial charge in [0.1, 0.15) is 18.1 Å². The molecule has 1 aliphatic heterocycles. The first kappa shape index (κ1) is 21.2. The third kappa shape index (κ3) is 5.57. The van der Waals surface area contributed by atoms with Crippen molar-refractivity contribution in [2.45, 2.75) is 6.61 Å². The molecular weight excluding hydrogens is 476 g/mol. The normalized spacial score (nSPS) is 15.9. The van der Waals surface area contributed by atoms with Gasteiger partial charge in [0.05, 0.1) is 17.7 Å². The Hall–Kier alpha value is -3.03. The van der Waals surface area contributed by atoms with Crippen LogP contribution in [0.3, 0.4) is 0 Å². The number of methoxy groups -OCH3 is 1. The van der Waals surface area contributed by atoms with Gasteiger partial charge in [-0.2, -0.15) is 0 Å². The highest BCUT2D eigenvalue weighted by Gasteiger charge is 2.24. The molecule has 0 unspecified atom stereocenters.